The zero-order chi connectivity index (χ0) is 27.2. The summed E-state index contributed by atoms with van der Waals surface area (Å²) in [7, 11) is -1.68. The summed E-state index contributed by atoms with van der Waals surface area (Å²) in [6, 6.07) is -0.777. The highest BCUT2D eigenvalue weighted by atomic mass is 32.2. The van der Waals surface area contributed by atoms with Crippen LogP contribution in [0.15, 0.2) is 0 Å². The number of hydrazine groups is 1. The molecule has 2 saturated heterocycles. The second-order valence-electron chi connectivity index (χ2n) is 12.3. The molecule has 4 atom stereocenters. The normalized spacial score (nSPS) is 30.3. The number of fused-ring (bicyclic) bond motifs is 1. The van der Waals surface area contributed by atoms with E-state index < -0.39 is 38.9 Å². The summed E-state index contributed by atoms with van der Waals surface area (Å²) in [4.78, 5) is 42.3. The molecule has 37 heavy (non-hydrogen) atoms. The van der Waals surface area contributed by atoms with E-state index in [1.807, 2.05) is 19.0 Å². The molecule has 2 heterocycles. The van der Waals surface area contributed by atoms with Crippen molar-refractivity contribution in [1.82, 2.24) is 30.3 Å². The van der Waals surface area contributed by atoms with Gasteiger partial charge in [-0.2, -0.15) is 0 Å². The van der Waals surface area contributed by atoms with Crippen LogP contribution in [0.25, 0.3) is 0 Å². The molecule has 13 heteroatoms. The third-order valence-corrected chi connectivity index (χ3v) is 9.78. The van der Waals surface area contributed by atoms with Crippen molar-refractivity contribution in [2.24, 2.45) is 11.8 Å². The van der Waals surface area contributed by atoms with Crippen LogP contribution in [-0.4, -0.2) is 103 Å². The molecule has 4 aliphatic rings. The standard InChI is InChI=1S/C24H42N6O6S/c1-23(2,3)36-21(32)25-10-11-29-19-7-6-17(37(34,35)27-24(4)8-9-24)12-18(19)20(31)30(22(29)33)15-16-13-26-28(5)14-16/h16-19,26-27H,6-15H2,1-5H3,(H,25,32). The summed E-state index contributed by atoms with van der Waals surface area (Å²) in [6.45, 7) is 9.21. The Morgan fingerprint density at radius 2 is 1.92 bits per heavy atom. The van der Waals surface area contributed by atoms with Crippen LogP contribution in [0.1, 0.15) is 59.8 Å². The number of carbonyl (C=O) groups excluding carboxylic acids is 3. The number of imide groups is 1. The molecule has 4 rings (SSSR count). The summed E-state index contributed by atoms with van der Waals surface area (Å²) in [6.07, 6.45) is 2.02. The first kappa shape index (κ1) is 28.1. The fraction of sp³-hybridized carbons (Fsp3) is 0.875. The molecular formula is C24H42N6O6S. The molecule has 2 aliphatic carbocycles. The van der Waals surface area contributed by atoms with E-state index in [0.717, 1.165) is 12.8 Å². The highest BCUT2D eigenvalue weighted by Gasteiger charge is 2.52. The Hall–Kier alpha value is -1.96. The van der Waals surface area contributed by atoms with Gasteiger partial charge in [0.25, 0.3) is 0 Å². The van der Waals surface area contributed by atoms with Gasteiger partial charge in [0, 0.05) is 57.3 Å². The van der Waals surface area contributed by atoms with Crippen molar-refractivity contribution in [3.8, 4) is 0 Å². The fourth-order valence-electron chi connectivity index (χ4n) is 5.55. The van der Waals surface area contributed by atoms with Crippen LogP contribution in [0.4, 0.5) is 9.59 Å². The molecule has 2 aliphatic heterocycles. The lowest BCUT2D eigenvalue weighted by molar-refractivity contribution is -0.141. The summed E-state index contributed by atoms with van der Waals surface area (Å²) in [5, 5.41) is 3.95. The predicted molar refractivity (Wildman–Crippen MR) is 137 cm³/mol. The molecule has 0 aromatic rings. The van der Waals surface area contributed by atoms with Crippen LogP contribution in [0.2, 0.25) is 0 Å². The SMILES string of the molecule is CN1CC(CN2C(=O)C3CC(S(=O)(=O)NC4(C)CC4)CCC3N(CCNC(=O)OC(C)(C)C)C2=O)CN1. The first-order valence-electron chi connectivity index (χ1n) is 13.2. The topological polar surface area (TPSA) is 140 Å². The molecular weight excluding hydrogens is 500 g/mol. The van der Waals surface area contributed by atoms with Gasteiger partial charge in [0.2, 0.25) is 15.9 Å². The second-order valence-corrected chi connectivity index (χ2v) is 14.2. The van der Waals surface area contributed by atoms with Gasteiger partial charge in [-0.15, -0.1) is 0 Å². The van der Waals surface area contributed by atoms with Crippen LogP contribution in [0, 0.1) is 11.8 Å². The lowest BCUT2D eigenvalue weighted by Gasteiger charge is -2.48. The lowest BCUT2D eigenvalue weighted by Crippen LogP contribution is -2.65. The molecule has 0 aromatic heterocycles. The van der Waals surface area contributed by atoms with E-state index in [-0.39, 0.29) is 49.5 Å². The second kappa shape index (κ2) is 10.3. The van der Waals surface area contributed by atoms with Gasteiger partial charge in [-0.1, -0.05) is 0 Å². The Morgan fingerprint density at radius 3 is 2.51 bits per heavy atom. The van der Waals surface area contributed by atoms with Crippen molar-refractivity contribution >= 4 is 28.1 Å². The molecule has 2 saturated carbocycles. The molecule has 0 aromatic carbocycles. The molecule has 0 bridgehead atoms. The van der Waals surface area contributed by atoms with Gasteiger partial charge < -0.3 is 15.0 Å². The van der Waals surface area contributed by atoms with E-state index in [9.17, 15) is 22.8 Å². The van der Waals surface area contributed by atoms with Crippen LogP contribution in [0.5, 0.6) is 0 Å². The van der Waals surface area contributed by atoms with Gasteiger partial charge in [-0.3, -0.25) is 15.1 Å². The van der Waals surface area contributed by atoms with E-state index in [0.29, 0.717) is 25.9 Å². The molecule has 3 N–H and O–H groups in total. The van der Waals surface area contributed by atoms with Gasteiger partial charge in [0.1, 0.15) is 5.60 Å². The van der Waals surface area contributed by atoms with Crippen molar-refractivity contribution in [2.75, 3.05) is 39.8 Å². The smallest absolute Gasteiger partial charge is 0.407 e. The Balaban J connectivity index is 1.48. The Morgan fingerprint density at radius 1 is 1.22 bits per heavy atom. The van der Waals surface area contributed by atoms with Gasteiger partial charge in [-0.25, -0.2) is 27.7 Å². The maximum atomic E-state index is 13.6. The largest absolute Gasteiger partial charge is 0.444 e. The number of amides is 4. The minimum absolute atomic E-state index is 0.0794. The molecule has 0 spiro atoms. The van der Waals surface area contributed by atoms with Crippen LogP contribution in [0.3, 0.4) is 0 Å². The third-order valence-electron chi connectivity index (χ3n) is 7.70. The number of nitrogens with one attached hydrogen (secondary N) is 3. The average molecular weight is 543 g/mol. The third kappa shape index (κ3) is 6.73. The number of alkyl carbamates (subject to hydrolysis) is 1. The van der Waals surface area contributed by atoms with E-state index >= 15 is 0 Å². The highest BCUT2D eigenvalue weighted by Crippen LogP contribution is 2.40. The average Bonchev–Trinajstić information content (AvgIpc) is 3.35. The Labute approximate surface area is 219 Å². The van der Waals surface area contributed by atoms with Gasteiger partial charge in [0.15, 0.2) is 0 Å². The molecule has 4 fully saturated rings. The number of sulfonamides is 1. The van der Waals surface area contributed by atoms with E-state index in [2.05, 4.69) is 15.5 Å². The number of urea groups is 1. The van der Waals surface area contributed by atoms with Crippen molar-refractivity contribution in [1.29, 1.82) is 0 Å². The number of rotatable bonds is 8. The number of ether oxygens (including phenoxy) is 1. The molecule has 4 amide bonds. The number of hydrogen-bond acceptors (Lipinski definition) is 8. The minimum atomic E-state index is -3.59. The maximum absolute atomic E-state index is 13.6. The number of hydrogen-bond donors (Lipinski definition) is 3. The van der Waals surface area contributed by atoms with Crippen molar-refractivity contribution < 1.29 is 27.5 Å². The van der Waals surface area contributed by atoms with E-state index in [4.69, 9.17) is 4.74 Å². The van der Waals surface area contributed by atoms with Crippen LogP contribution in [-0.2, 0) is 19.6 Å². The first-order chi connectivity index (χ1) is 17.2. The number of carbonyl (C=O) groups is 3. The van der Waals surface area contributed by atoms with Crippen molar-refractivity contribution in [3.05, 3.63) is 0 Å². The monoisotopic (exact) mass is 542 g/mol. The van der Waals surface area contributed by atoms with Gasteiger partial charge in [-0.05, 0) is 59.8 Å². The first-order valence-corrected chi connectivity index (χ1v) is 14.8. The molecule has 210 valence electrons. The minimum Gasteiger partial charge on any atom is -0.444 e. The molecule has 4 unspecified atom stereocenters. The van der Waals surface area contributed by atoms with Crippen molar-refractivity contribution in [3.63, 3.8) is 0 Å². The zero-order valence-corrected chi connectivity index (χ0v) is 23.4. The summed E-state index contributed by atoms with van der Waals surface area (Å²) in [5.41, 5.74) is 2.18. The van der Waals surface area contributed by atoms with Crippen LogP contribution >= 0.6 is 0 Å². The fourth-order valence-corrected chi connectivity index (χ4v) is 7.51. The lowest BCUT2D eigenvalue weighted by atomic mass is 9.80. The highest BCUT2D eigenvalue weighted by molar-refractivity contribution is 7.90. The maximum Gasteiger partial charge on any atom is 0.407 e. The predicted octanol–water partition coefficient (Wildman–Crippen LogP) is 0.851. The zero-order valence-electron chi connectivity index (χ0n) is 22.6. The molecule has 0 radical (unpaired) electrons. The summed E-state index contributed by atoms with van der Waals surface area (Å²) in [5.74, 6) is -0.817. The Bertz CT molecular complexity index is 1010. The van der Waals surface area contributed by atoms with Crippen molar-refractivity contribution in [2.45, 2.75) is 82.2 Å². The van der Waals surface area contributed by atoms with Crippen LogP contribution < -0.4 is 15.5 Å². The number of nitrogens with zero attached hydrogens (tertiary/aromatic N) is 3. The summed E-state index contributed by atoms with van der Waals surface area (Å²) >= 11 is 0. The quantitative estimate of drug-likeness (QED) is 0.410. The Kier molecular flexibility index (Phi) is 7.82. The van der Waals surface area contributed by atoms with E-state index in [1.165, 1.54) is 4.90 Å². The van der Waals surface area contributed by atoms with Gasteiger partial charge >= 0.3 is 12.1 Å². The van der Waals surface area contributed by atoms with E-state index in [1.54, 1.807) is 25.7 Å². The van der Waals surface area contributed by atoms with Gasteiger partial charge in [0.05, 0.1) is 11.2 Å². The summed E-state index contributed by atoms with van der Waals surface area (Å²) < 4.78 is 34.4. The molecule has 12 nitrogen and oxygen atoms in total.